The Morgan fingerprint density at radius 3 is 2.20 bits per heavy atom. The van der Waals surface area contributed by atoms with Crippen LogP contribution in [0.4, 0.5) is 5.95 Å². The zero-order chi connectivity index (χ0) is 11.1. The van der Waals surface area contributed by atoms with Crippen LogP contribution in [0.5, 0.6) is 0 Å². The first kappa shape index (κ1) is 11.5. The SMILES string of the molecule is Clc1nc(Cl)nc(NCC2CC2(Cl)Cl)n1. The Morgan fingerprint density at radius 1 is 1.20 bits per heavy atom. The topological polar surface area (TPSA) is 50.7 Å². The molecule has 1 N–H and O–H groups in total. The first-order valence-corrected chi connectivity index (χ1v) is 5.67. The number of hydrogen-bond acceptors (Lipinski definition) is 4. The molecule has 1 aliphatic carbocycles. The maximum absolute atomic E-state index is 5.86. The molecule has 0 amide bonds. The summed E-state index contributed by atoms with van der Waals surface area (Å²) in [6.07, 6.45) is 0.760. The van der Waals surface area contributed by atoms with E-state index in [0.29, 0.717) is 12.5 Å². The average Bonchev–Trinajstić information content (AvgIpc) is 2.69. The largest absolute Gasteiger partial charge is 0.354 e. The van der Waals surface area contributed by atoms with Gasteiger partial charge in [-0.05, 0) is 29.6 Å². The summed E-state index contributed by atoms with van der Waals surface area (Å²) in [5.74, 6) is 0.534. The second-order valence-corrected chi connectivity index (χ2v) is 5.46. The molecule has 1 fully saturated rings. The lowest BCUT2D eigenvalue weighted by molar-refractivity contribution is 0.856. The molecule has 0 spiro atoms. The highest BCUT2D eigenvalue weighted by molar-refractivity contribution is 6.50. The lowest BCUT2D eigenvalue weighted by atomic mass is 10.4. The quantitative estimate of drug-likeness (QED) is 0.869. The summed E-state index contributed by atoms with van der Waals surface area (Å²) >= 11 is 22.9. The van der Waals surface area contributed by atoms with E-state index in [1.807, 2.05) is 0 Å². The van der Waals surface area contributed by atoms with Crippen LogP contribution < -0.4 is 5.32 Å². The van der Waals surface area contributed by atoms with Gasteiger partial charge in [-0.3, -0.25) is 0 Å². The Morgan fingerprint density at radius 2 is 1.73 bits per heavy atom. The lowest BCUT2D eigenvalue weighted by Crippen LogP contribution is -2.10. The standard InChI is InChI=1S/C7H6Cl4N4/c8-4-13-5(9)15-6(14-4)12-2-3-1-7(3,10)11/h3H,1-2H2,(H,12,13,14,15). The molecule has 0 radical (unpaired) electrons. The van der Waals surface area contributed by atoms with Crippen molar-refractivity contribution >= 4 is 52.4 Å². The fourth-order valence-corrected chi connectivity index (χ4v) is 2.00. The molecule has 1 unspecified atom stereocenters. The molecule has 1 atom stereocenters. The monoisotopic (exact) mass is 286 g/mol. The molecule has 1 aromatic rings. The average molecular weight is 288 g/mol. The minimum absolute atomic E-state index is 0.0521. The molecular formula is C7H6Cl4N4. The number of hydrogen-bond donors (Lipinski definition) is 1. The number of nitrogens with one attached hydrogen (secondary N) is 1. The van der Waals surface area contributed by atoms with Crippen molar-refractivity contribution in [1.82, 2.24) is 15.0 Å². The van der Waals surface area contributed by atoms with Crippen molar-refractivity contribution < 1.29 is 0 Å². The smallest absolute Gasteiger partial charge is 0.228 e. The van der Waals surface area contributed by atoms with Crippen LogP contribution in [-0.2, 0) is 0 Å². The third-order valence-electron chi connectivity index (χ3n) is 2.04. The highest BCUT2D eigenvalue weighted by Gasteiger charge is 2.51. The van der Waals surface area contributed by atoms with E-state index in [-0.39, 0.29) is 16.5 Å². The Bertz CT molecular complexity index is 363. The minimum Gasteiger partial charge on any atom is -0.354 e. The Hall–Kier alpha value is -0.0300. The van der Waals surface area contributed by atoms with E-state index < -0.39 is 4.33 Å². The zero-order valence-corrected chi connectivity index (χ0v) is 10.4. The predicted octanol–water partition coefficient (Wildman–Crippen LogP) is 2.78. The molecule has 2 rings (SSSR count). The lowest BCUT2D eigenvalue weighted by Gasteiger charge is -2.04. The van der Waals surface area contributed by atoms with E-state index in [2.05, 4.69) is 20.3 Å². The third-order valence-corrected chi connectivity index (χ3v) is 3.31. The van der Waals surface area contributed by atoms with Crippen LogP contribution in [0.2, 0.25) is 10.6 Å². The van der Waals surface area contributed by atoms with Crippen molar-refractivity contribution in [1.29, 1.82) is 0 Å². The fraction of sp³-hybridized carbons (Fsp3) is 0.571. The van der Waals surface area contributed by atoms with E-state index in [0.717, 1.165) is 6.42 Å². The maximum Gasteiger partial charge on any atom is 0.228 e. The van der Waals surface area contributed by atoms with Crippen LogP contribution >= 0.6 is 46.4 Å². The van der Waals surface area contributed by atoms with Crippen molar-refractivity contribution in [2.75, 3.05) is 11.9 Å². The summed E-state index contributed by atoms with van der Waals surface area (Å²) in [5, 5.41) is 3.05. The summed E-state index contributed by atoms with van der Waals surface area (Å²) in [5.41, 5.74) is 0. The Balaban J connectivity index is 1.94. The molecule has 0 saturated heterocycles. The summed E-state index contributed by atoms with van der Waals surface area (Å²) in [4.78, 5) is 11.3. The molecule has 15 heavy (non-hydrogen) atoms. The van der Waals surface area contributed by atoms with Crippen LogP contribution in [0, 0.1) is 5.92 Å². The number of anilines is 1. The number of alkyl halides is 2. The molecule has 1 aromatic heterocycles. The van der Waals surface area contributed by atoms with Gasteiger partial charge in [-0.25, -0.2) is 0 Å². The minimum atomic E-state index is -0.617. The van der Waals surface area contributed by atoms with Gasteiger partial charge < -0.3 is 5.32 Å². The van der Waals surface area contributed by atoms with Crippen molar-refractivity contribution in [2.45, 2.75) is 10.8 Å². The van der Waals surface area contributed by atoms with Crippen molar-refractivity contribution in [3.63, 3.8) is 0 Å². The molecule has 4 nitrogen and oxygen atoms in total. The Kier molecular flexibility index (Phi) is 3.12. The molecule has 1 aliphatic rings. The Labute approximate surface area is 106 Å². The van der Waals surface area contributed by atoms with Gasteiger partial charge in [-0.1, -0.05) is 0 Å². The first-order chi connectivity index (χ1) is 6.97. The van der Waals surface area contributed by atoms with Crippen molar-refractivity contribution in [2.24, 2.45) is 5.92 Å². The van der Waals surface area contributed by atoms with Crippen LogP contribution in [0.1, 0.15) is 6.42 Å². The van der Waals surface area contributed by atoms with Gasteiger partial charge in [0.05, 0.1) is 0 Å². The zero-order valence-electron chi connectivity index (χ0n) is 7.35. The van der Waals surface area contributed by atoms with Gasteiger partial charge in [-0.15, -0.1) is 23.2 Å². The second-order valence-electron chi connectivity index (χ2n) is 3.24. The van der Waals surface area contributed by atoms with Gasteiger partial charge in [0, 0.05) is 12.5 Å². The van der Waals surface area contributed by atoms with Crippen LogP contribution in [0.3, 0.4) is 0 Å². The van der Waals surface area contributed by atoms with E-state index in [1.54, 1.807) is 0 Å². The van der Waals surface area contributed by atoms with Crippen LogP contribution in [0.25, 0.3) is 0 Å². The van der Waals surface area contributed by atoms with E-state index in [1.165, 1.54) is 0 Å². The van der Waals surface area contributed by atoms with Gasteiger partial charge in [0.15, 0.2) is 0 Å². The van der Waals surface area contributed by atoms with Crippen molar-refractivity contribution in [3.05, 3.63) is 10.6 Å². The summed E-state index contributed by atoms with van der Waals surface area (Å²) in [6, 6.07) is 0. The molecule has 1 heterocycles. The third kappa shape index (κ3) is 2.97. The normalized spacial score (nSPS) is 22.5. The number of rotatable bonds is 3. The molecular weight excluding hydrogens is 282 g/mol. The van der Waals surface area contributed by atoms with Crippen LogP contribution in [0.15, 0.2) is 0 Å². The van der Waals surface area contributed by atoms with Crippen LogP contribution in [-0.4, -0.2) is 25.8 Å². The number of halogens is 4. The van der Waals surface area contributed by atoms with Crippen molar-refractivity contribution in [3.8, 4) is 0 Å². The summed E-state index contributed by atoms with van der Waals surface area (Å²) < 4.78 is -0.617. The molecule has 82 valence electrons. The van der Waals surface area contributed by atoms with Gasteiger partial charge in [-0.2, -0.15) is 15.0 Å². The van der Waals surface area contributed by atoms with Gasteiger partial charge in [0.1, 0.15) is 4.33 Å². The number of nitrogens with zero attached hydrogens (tertiary/aromatic N) is 3. The van der Waals surface area contributed by atoms with E-state index >= 15 is 0 Å². The van der Waals surface area contributed by atoms with Gasteiger partial charge in [0.2, 0.25) is 16.5 Å². The molecule has 0 aromatic carbocycles. The predicted molar refractivity (Wildman–Crippen MR) is 60.9 cm³/mol. The molecule has 1 saturated carbocycles. The maximum atomic E-state index is 5.86. The number of aromatic nitrogens is 3. The highest BCUT2D eigenvalue weighted by atomic mass is 35.5. The summed E-state index contributed by atoms with van der Waals surface area (Å²) in [6.45, 7) is 0.587. The molecule has 0 bridgehead atoms. The van der Waals surface area contributed by atoms with Gasteiger partial charge in [0.25, 0.3) is 0 Å². The van der Waals surface area contributed by atoms with E-state index in [4.69, 9.17) is 46.4 Å². The highest BCUT2D eigenvalue weighted by Crippen LogP contribution is 2.52. The van der Waals surface area contributed by atoms with E-state index in [9.17, 15) is 0 Å². The first-order valence-electron chi connectivity index (χ1n) is 4.16. The summed E-state index contributed by atoms with van der Waals surface area (Å²) in [7, 11) is 0. The molecule has 0 aliphatic heterocycles. The van der Waals surface area contributed by atoms with Gasteiger partial charge >= 0.3 is 0 Å². The molecule has 8 heteroatoms. The fourth-order valence-electron chi connectivity index (χ4n) is 1.11. The second kappa shape index (κ2) is 4.09.